The quantitative estimate of drug-likeness (QED) is 0.206. The van der Waals surface area contributed by atoms with Gasteiger partial charge in [0.2, 0.25) is 0 Å². The average Bonchev–Trinajstić information content (AvgIpc) is 3.48. The largest absolute Gasteiger partial charge is 0.404 e. The first-order valence-corrected chi connectivity index (χ1v) is 11.5. The Labute approximate surface area is 196 Å². The molecule has 0 aromatic heterocycles. The van der Waals surface area contributed by atoms with Crippen molar-refractivity contribution in [3.63, 3.8) is 0 Å². The van der Waals surface area contributed by atoms with E-state index in [0.717, 1.165) is 17.7 Å². The van der Waals surface area contributed by atoms with E-state index < -0.39 is 6.23 Å². The van der Waals surface area contributed by atoms with Crippen molar-refractivity contribution >= 4 is 52.4 Å². The van der Waals surface area contributed by atoms with E-state index in [1.807, 2.05) is 19.1 Å². The van der Waals surface area contributed by atoms with E-state index in [4.69, 9.17) is 5.73 Å². The van der Waals surface area contributed by atoms with Gasteiger partial charge in [-0.15, -0.1) is 0 Å². The zero-order chi connectivity index (χ0) is 23.2. The zero-order valence-electron chi connectivity index (χ0n) is 18.4. The maximum atomic E-state index is 12.9. The number of carbonyl (C=O) groups excluding carboxylic acids is 1. The molecule has 1 aliphatic rings. The molecule has 8 nitrogen and oxygen atoms in total. The Hall–Kier alpha value is -1.88. The number of amides is 1. The number of halogens is 1. The maximum absolute atomic E-state index is 12.9. The number of anilines is 1. The van der Waals surface area contributed by atoms with Crippen molar-refractivity contribution in [2.24, 2.45) is 15.7 Å². The van der Waals surface area contributed by atoms with Crippen LogP contribution < -0.4 is 20.7 Å². The van der Waals surface area contributed by atoms with E-state index in [0.29, 0.717) is 27.8 Å². The number of aliphatic hydroxyl groups is 1. The van der Waals surface area contributed by atoms with E-state index in [2.05, 4.69) is 49.6 Å². The Kier molecular flexibility index (Phi) is 9.11. The SMILES string of the molecule is C=NCC(C)N(c1c(Br)cc(SNC2(C)CC2)cc1C(=O)NC)C(O)/C(C=NC)=C/N. The van der Waals surface area contributed by atoms with Gasteiger partial charge in [-0.05, 0) is 73.4 Å². The van der Waals surface area contributed by atoms with Crippen molar-refractivity contribution in [3.8, 4) is 0 Å². The van der Waals surface area contributed by atoms with Gasteiger partial charge in [-0.1, -0.05) is 0 Å². The second-order valence-corrected chi connectivity index (χ2v) is 9.47. The second kappa shape index (κ2) is 11.1. The third kappa shape index (κ3) is 6.31. The number of aliphatic hydroxyl groups excluding tert-OH is 1. The first-order valence-electron chi connectivity index (χ1n) is 9.93. The van der Waals surface area contributed by atoms with Gasteiger partial charge >= 0.3 is 0 Å². The normalized spacial score (nSPS) is 17.3. The van der Waals surface area contributed by atoms with Gasteiger partial charge in [-0.2, -0.15) is 0 Å². The van der Waals surface area contributed by atoms with Crippen LogP contribution in [0.1, 0.15) is 37.0 Å². The lowest BCUT2D eigenvalue weighted by molar-refractivity contribution is 0.0962. The lowest BCUT2D eigenvalue weighted by Gasteiger charge is -2.37. The van der Waals surface area contributed by atoms with E-state index in [1.54, 1.807) is 19.0 Å². The van der Waals surface area contributed by atoms with Crippen LogP contribution in [0.2, 0.25) is 0 Å². The number of benzene rings is 1. The van der Waals surface area contributed by atoms with Crippen molar-refractivity contribution < 1.29 is 9.90 Å². The molecule has 2 rings (SSSR count). The summed E-state index contributed by atoms with van der Waals surface area (Å²) in [6.45, 7) is 7.98. The van der Waals surface area contributed by atoms with Crippen molar-refractivity contribution in [3.05, 3.63) is 33.9 Å². The molecule has 0 radical (unpaired) electrons. The molecule has 2 unspecified atom stereocenters. The van der Waals surface area contributed by atoms with Gasteiger partial charge in [0.25, 0.3) is 5.91 Å². The third-order valence-electron chi connectivity index (χ3n) is 5.08. The van der Waals surface area contributed by atoms with E-state index in [9.17, 15) is 9.90 Å². The van der Waals surface area contributed by atoms with Crippen LogP contribution in [-0.2, 0) is 0 Å². The summed E-state index contributed by atoms with van der Waals surface area (Å²) >= 11 is 5.12. The fourth-order valence-electron chi connectivity index (χ4n) is 3.04. The van der Waals surface area contributed by atoms with Crippen LogP contribution in [0.3, 0.4) is 0 Å². The van der Waals surface area contributed by atoms with Crippen molar-refractivity contribution in [2.45, 2.75) is 49.4 Å². The van der Waals surface area contributed by atoms with Gasteiger partial charge in [0.1, 0.15) is 0 Å². The number of aliphatic imine (C=N–C) groups is 2. The van der Waals surface area contributed by atoms with Gasteiger partial charge in [-0.25, -0.2) is 0 Å². The fraction of sp³-hybridized carbons (Fsp3) is 0.476. The Morgan fingerprint density at radius 2 is 2.19 bits per heavy atom. The van der Waals surface area contributed by atoms with Crippen LogP contribution in [0.5, 0.6) is 0 Å². The molecule has 1 fully saturated rings. The first kappa shape index (κ1) is 25.4. The number of rotatable bonds is 11. The summed E-state index contributed by atoms with van der Waals surface area (Å²) in [6, 6.07) is 3.46. The summed E-state index contributed by atoms with van der Waals surface area (Å²) in [5.41, 5.74) is 7.23. The number of nitrogens with zero attached hydrogens (tertiary/aromatic N) is 3. The van der Waals surface area contributed by atoms with Crippen LogP contribution in [0.25, 0.3) is 0 Å². The molecule has 1 aliphatic carbocycles. The van der Waals surface area contributed by atoms with E-state index >= 15 is 0 Å². The first-order chi connectivity index (χ1) is 14.7. The monoisotopic (exact) mass is 510 g/mol. The Morgan fingerprint density at radius 3 is 2.71 bits per heavy atom. The number of nitrogens with two attached hydrogens (primary N) is 1. The Bertz CT molecular complexity index is 872. The van der Waals surface area contributed by atoms with Crippen molar-refractivity contribution in [1.29, 1.82) is 0 Å². The maximum Gasteiger partial charge on any atom is 0.253 e. The molecule has 0 spiro atoms. The minimum absolute atomic E-state index is 0.135. The lowest BCUT2D eigenvalue weighted by atomic mass is 10.1. The smallest absolute Gasteiger partial charge is 0.253 e. The molecule has 170 valence electrons. The van der Waals surface area contributed by atoms with Gasteiger partial charge in [0, 0.05) is 53.0 Å². The highest BCUT2D eigenvalue weighted by Crippen LogP contribution is 2.40. The molecule has 0 bridgehead atoms. The van der Waals surface area contributed by atoms with Gasteiger partial charge < -0.3 is 21.1 Å². The molecule has 1 amide bonds. The zero-order valence-corrected chi connectivity index (χ0v) is 20.8. The third-order valence-corrected chi connectivity index (χ3v) is 6.75. The fourth-order valence-corrected chi connectivity index (χ4v) is 4.78. The van der Waals surface area contributed by atoms with E-state index in [-0.39, 0.29) is 17.5 Å². The van der Waals surface area contributed by atoms with Crippen LogP contribution in [-0.4, -0.2) is 62.4 Å². The molecular formula is C21H31BrN6O2S. The highest BCUT2D eigenvalue weighted by Gasteiger charge is 2.37. The molecule has 0 saturated heterocycles. The van der Waals surface area contributed by atoms with Crippen LogP contribution in [0.15, 0.2) is 43.3 Å². The Morgan fingerprint density at radius 1 is 1.52 bits per heavy atom. The highest BCUT2D eigenvalue weighted by atomic mass is 79.9. The molecule has 1 aromatic carbocycles. The van der Waals surface area contributed by atoms with E-state index in [1.165, 1.54) is 24.4 Å². The summed E-state index contributed by atoms with van der Waals surface area (Å²) in [6.07, 6.45) is 3.90. The minimum Gasteiger partial charge on any atom is -0.404 e. The minimum atomic E-state index is -1.15. The molecule has 0 heterocycles. The molecule has 31 heavy (non-hydrogen) atoms. The van der Waals surface area contributed by atoms with Crippen LogP contribution in [0.4, 0.5) is 5.69 Å². The molecule has 1 saturated carbocycles. The summed E-state index contributed by atoms with van der Waals surface area (Å²) in [5, 5.41) is 13.9. The molecule has 2 atom stereocenters. The number of hydrogen-bond donors (Lipinski definition) is 4. The summed E-state index contributed by atoms with van der Waals surface area (Å²) in [7, 11) is 3.17. The predicted octanol–water partition coefficient (Wildman–Crippen LogP) is 2.71. The van der Waals surface area contributed by atoms with Gasteiger partial charge in [0.05, 0.1) is 17.8 Å². The average molecular weight is 511 g/mol. The highest BCUT2D eigenvalue weighted by molar-refractivity contribution is 9.10. The van der Waals surface area contributed by atoms with Gasteiger partial charge in [0.15, 0.2) is 6.23 Å². The Balaban J connectivity index is 2.58. The van der Waals surface area contributed by atoms with Crippen molar-refractivity contribution in [1.82, 2.24) is 10.0 Å². The topological polar surface area (TPSA) is 115 Å². The summed E-state index contributed by atoms with van der Waals surface area (Å²) in [4.78, 5) is 23.4. The second-order valence-electron chi connectivity index (χ2n) is 7.74. The molecule has 10 heteroatoms. The number of carbonyl (C=O) groups is 1. The van der Waals surface area contributed by atoms with Gasteiger partial charge in [-0.3, -0.25) is 19.5 Å². The van der Waals surface area contributed by atoms with Crippen LogP contribution >= 0.6 is 27.9 Å². The predicted molar refractivity (Wildman–Crippen MR) is 133 cm³/mol. The van der Waals surface area contributed by atoms with Crippen LogP contribution in [0, 0.1) is 0 Å². The summed E-state index contributed by atoms with van der Waals surface area (Å²) < 4.78 is 4.12. The molecule has 0 aliphatic heterocycles. The van der Waals surface area contributed by atoms with Crippen molar-refractivity contribution in [2.75, 3.05) is 25.5 Å². The standard InChI is InChI=1S/C21H31BrN6O2S/c1-13(11-24-3)28(20(30)14(10-23)12-25-4)18-16(19(29)26-5)8-15(9-17(18)22)31-27-21(2)6-7-21/h8-10,12-13,20,27,30H,3,6-7,11,23H2,1-2,4-5H3,(H,26,29)/b14-10+,25-12?. The molecule has 1 aromatic rings. The number of hydrogen-bond acceptors (Lipinski definition) is 8. The lowest BCUT2D eigenvalue weighted by Crippen LogP contribution is -2.46. The summed E-state index contributed by atoms with van der Waals surface area (Å²) in [5.74, 6) is -0.269. The number of nitrogens with one attached hydrogen (secondary N) is 2. The molecular weight excluding hydrogens is 480 g/mol. The molecule has 5 N–H and O–H groups in total.